The van der Waals surface area contributed by atoms with Crippen LogP contribution >= 0.6 is 34.4 Å². The molecule has 0 unspecified atom stereocenters. The number of amides is 1. The van der Waals surface area contributed by atoms with Gasteiger partial charge in [0.1, 0.15) is 0 Å². The molecule has 88 valence electrons. The van der Waals surface area contributed by atoms with Crippen LogP contribution in [0.5, 0.6) is 0 Å². The molecule has 6 nitrogen and oxygen atoms in total. The fraction of sp³-hybridized carbons (Fsp3) is 0.375. The van der Waals surface area contributed by atoms with Crippen LogP contribution in [0.1, 0.15) is 0 Å². The second-order valence-electron chi connectivity index (χ2n) is 2.69. The number of anilines is 1. The summed E-state index contributed by atoms with van der Waals surface area (Å²) in [5.41, 5.74) is 2.51. The number of hydrazine groups is 1. The Bertz CT molecular complexity index is 390. The van der Waals surface area contributed by atoms with E-state index in [1.807, 2.05) is 6.26 Å². The first-order valence-corrected chi connectivity index (χ1v) is 6.53. The van der Waals surface area contributed by atoms with Gasteiger partial charge in [-0.2, -0.15) is 0 Å². The summed E-state index contributed by atoms with van der Waals surface area (Å²) >= 11 is 3.54. The molecular weight excluding hydrogens is 343 g/mol. The molecule has 0 bridgehead atoms. The number of rotatable bonds is 3. The van der Waals surface area contributed by atoms with E-state index in [9.17, 15) is 4.79 Å². The molecule has 1 rings (SSSR count). The lowest BCUT2D eigenvalue weighted by atomic mass is 10.6. The van der Waals surface area contributed by atoms with E-state index in [1.54, 1.807) is 13.2 Å². The van der Waals surface area contributed by atoms with Gasteiger partial charge in [-0.15, -0.1) is 0 Å². The highest BCUT2D eigenvalue weighted by molar-refractivity contribution is 14.1. The predicted molar refractivity (Wildman–Crippen MR) is 70.5 cm³/mol. The number of methoxy groups -OCH3 is 1. The number of aromatic nitrogens is 2. The van der Waals surface area contributed by atoms with Crippen molar-refractivity contribution in [1.82, 2.24) is 15.4 Å². The molecule has 1 N–H and O–H groups in total. The maximum Gasteiger partial charge on any atom is 0.425 e. The summed E-state index contributed by atoms with van der Waals surface area (Å²) in [6.07, 6.45) is 3.05. The molecule has 1 aromatic heterocycles. The number of nitrogens with one attached hydrogen (secondary N) is 1. The summed E-state index contributed by atoms with van der Waals surface area (Å²) < 4.78 is 5.34. The first kappa shape index (κ1) is 13.3. The average Bonchev–Trinajstić information content (AvgIpc) is 2.29. The van der Waals surface area contributed by atoms with E-state index in [2.05, 4.69) is 42.7 Å². The van der Waals surface area contributed by atoms with Crippen LogP contribution in [0.3, 0.4) is 0 Å². The van der Waals surface area contributed by atoms with Gasteiger partial charge < -0.3 is 4.74 Å². The van der Waals surface area contributed by atoms with E-state index in [-0.39, 0.29) is 0 Å². The van der Waals surface area contributed by atoms with E-state index in [1.165, 1.54) is 23.9 Å². The summed E-state index contributed by atoms with van der Waals surface area (Å²) in [5, 5.41) is 2.14. The summed E-state index contributed by atoms with van der Waals surface area (Å²) in [6, 6.07) is 0. The zero-order valence-electron chi connectivity index (χ0n) is 9.02. The molecule has 0 atom stereocenters. The molecule has 0 aliphatic carbocycles. The van der Waals surface area contributed by atoms with Gasteiger partial charge in [0.15, 0.2) is 11.0 Å². The number of nitrogens with zero attached hydrogens (tertiary/aromatic N) is 3. The smallest absolute Gasteiger partial charge is 0.425 e. The molecule has 0 spiro atoms. The highest BCUT2D eigenvalue weighted by atomic mass is 127. The normalized spacial score (nSPS) is 9.75. The molecule has 16 heavy (non-hydrogen) atoms. The Morgan fingerprint density at radius 3 is 2.94 bits per heavy atom. The monoisotopic (exact) mass is 354 g/mol. The molecule has 0 saturated carbocycles. The summed E-state index contributed by atoms with van der Waals surface area (Å²) in [5.74, 6) is 0.630. The Labute approximate surface area is 111 Å². The van der Waals surface area contributed by atoms with Gasteiger partial charge in [0.05, 0.1) is 10.7 Å². The Balaban J connectivity index is 2.88. The van der Waals surface area contributed by atoms with Gasteiger partial charge in [-0.3, -0.25) is 5.01 Å². The molecule has 0 aliphatic rings. The molecule has 8 heteroatoms. The second-order valence-corrected chi connectivity index (χ2v) is 4.63. The molecule has 0 radical (unpaired) electrons. The summed E-state index contributed by atoms with van der Waals surface area (Å²) in [6.45, 7) is 0. The van der Waals surface area contributed by atoms with Crippen molar-refractivity contribution in [1.29, 1.82) is 0 Å². The van der Waals surface area contributed by atoms with Crippen LogP contribution in [0.2, 0.25) is 0 Å². The van der Waals surface area contributed by atoms with E-state index >= 15 is 0 Å². The van der Waals surface area contributed by atoms with E-state index < -0.39 is 6.09 Å². The summed E-state index contributed by atoms with van der Waals surface area (Å²) in [7, 11) is 2.99. The van der Waals surface area contributed by atoms with Gasteiger partial charge in [-0.05, 0) is 28.8 Å². The van der Waals surface area contributed by atoms with Gasteiger partial charge in [0.2, 0.25) is 0 Å². The quantitative estimate of drug-likeness (QED) is 0.384. The van der Waals surface area contributed by atoms with Crippen LogP contribution in [-0.2, 0) is 4.74 Å². The molecule has 0 fully saturated rings. The summed E-state index contributed by atoms with van der Waals surface area (Å²) in [4.78, 5) is 19.4. The number of carbonyl (C=O) groups is 1. The van der Waals surface area contributed by atoms with Crippen LogP contribution in [0.25, 0.3) is 0 Å². The van der Waals surface area contributed by atoms with Crippen molar-refractivity contribution in [3.63, 3.8) is 0 Å². The molecular formula is C8H11IN4O2S. The topological polar surface area (TPSA) is 67.3 Å². The minimum absolute atomic E-state index is 0.539. The third-order valence-corrected chi connectivity index (χ3v) is 2.97. The third-order valence-electron chi connectivity index (χ3n) is 1.65. The van der Waals surface area contributed by atoms with E-state index in [4.69, 9.17) is 0 Å². The van der Waals surface area contributed by atoms with Crippen molar-refractivity contribution in [2.75, 3.05) is 25.4 Å². The maximum atomic E-state index is 11.0. The second kappa shape index (κ2) is 6.09. The first-order chi connectivity index (χ1) is 7.58. The number of thioether (sulfide) groups is 1. The number of hydrogen-bond donors (Lipinski definition) is 1. The largest absolute Gasteiger partial charge is 0.452 e. The molecule has 0 aliphatic heterocycles. The van der Waals surface area contributed by atoms with Crippen LogP contribution in [0, 0.1) is 3.57 Å². The fourth-order valence-electron chi connectivity index (χ4n) is 0.912. The lowest BCUT2D eigenvalue weighted by molar-refractivity contribution is 0.170. The lowest BCUT2D eigenvalue weighted by Gasteiger charge is -2.19. The minimum Gasteiger partial charge on any atom is -0.452 e. The van der Waals surface area contributed by atoms with Gasteiger partial charge in [0, 0.05) is 13.2 Å². The Morgan fingerprint density at radius 2 is 2.38 bits per heavy atom. The molecule has 1 heterocycles. The molecule has 0 saturated heterocycles. The molecule has 0 aromatic carbocycles. The number of ether oxygens (including phenoxy) is 1. The number of hydrogen-bond acceptors (Lipinski definition) is 6. The average molecular weight is 354 g/mol. The van der Waals surface area contributed by atoms with E-state index in [0.717, 1.165) is 3.57 Å². The molecule has 1 amide bonds. The van der Waals surface area contributed by atoms with Crippen LogP contribution in [-0.4, -0.2) is 36.5 Å². The Morgan fingerprint density at radius 1 is 1.69 bits per heavy atom. The van der Waals surface area contributed by atoms with Crippen molar-refractivity contribution in [2.24, 2.45) is 0 Å². The minimum atomic E-state index is -0.539. The molecule has 1 aromatic rings. The zero-order chi connectivity index (χ0) is 12.1. The SMILES string of the molecule is COC(=O)NN(C)c1nc(SC)ncc1I. The van der Waals surface area contributed by atoms with E-state index in [0.29, 0.717) is 11.0 Å². The standard InChI is InChI=1S/C8H11IN4O2S/c1-13(12-8(14)15-2)6-5(9)4-10-7(11-6)16-3/h4H,1-3H3,(H,12,14). The van der Waals surface area contributed by atoms with Crippen molar-refractivity contribution >= 4 is 46.3 Å². The fourth-order valence-corrected chi connectivity index (χ4v) is 1.87. The van der Waals surface area contributed by atoms with Gasteiger partial charge in [-0.1, -0.05) is 11.8 Å². The van der Waals surface area contributed by atoms with Gasteiger partial charge in [-0.25, -0.2) is 20.2 Å². The highest BCUT2D eigenvalue weighted by Crippen LogP contribution is 2.19. The zero-order valence-corrected chi connectivity index (χ0v) is 12.0. The Hall–Kier alpha value is -0.770. The van der Waals surface area contributed by atoms with Gasteiger partial charge >= 0.3 is 6.09 Å². The van der Waals surface area contributed by atoms with Crippen LogP contribution in [0.4, 0.5) is 10.6 Å². The highest BCUT2D eigenvalue weighted by Gasteiger charge is 2.11. The van der Waals surface area contributed by atoms with Gasteiger partial charge in [0.25, 0.3) is 0 Å². The van der Waals surface area contributed by atoms with Crippen molar-refractivity contribution in [2.45, 2.75) is 5.16 Å². The van der Waals surface area contributed by atoms with Crippen molar-refractivity contribution < 1.29 is 9.53 Å². The lowest BCUT2D eigenvalue weighted by Crippen LogP contribution is -2.40. The first-order valence-electron chi connectivity index (χ1n) is 4.23. The van der Waals surface area contributed by atoms with Crippen molar-refractivity contribution in [3.05, 3.63) is 9.77 Å². The van der Waals surface area contributed by atoms with Crippen LogP contribution < -0.4 is 10.4 Å². The third kappa shape index (κ3) is 3.37. The maximum absolute atomic E-state index is 11.0. The number of halogens is 1. The van der Waals surface area contributed by atoms with Crippen molar-refractivity contribution in [3.8, 4) is 0 Å². The Kier molecular flexibility index (Phi) is 5.06. The predicted octanol–water partition coefficient (Wildman–Crippen LogP) is 1.51. The number of carbonyl (C=O) groups excluding carboxylic acids is 1. The van der Waals surface area contributed by atoms with Crippen LogP contribution in [0.15, 0.2) is 11.4 Å².